The van der Waals surface area contributed by atoms with Gasteiger partial charge in [0.2, 0.25) is 5.91 Å². The van der Waals surface area contributed by atoms with Gasteiger partial charge in [-0.3, -0.25) is 4.79 Å². The summed E-state index contributed by atoms with van der Waals surface area (Å²) in [7, 11) is 3.17. The maximum Gasteiger partial charge on any atom is 0.249 e. The largest absolute Gasteiger partial charge is 0.497 e. The second-order valence-electron chi connectivity index (χ2n) is 5.93. The van der Waals surface area contributed by atoms with E-state index in [-0.39, 0.29) is 5.91 Å². The summed E-state index contributed by atoms with van der Waals surface area (Å²) in [5.74, 6) is 1.69. The van der Waals surface area contributed by atoms with Crippen LogP contribution >= 0.6 is 15.9 Å². The lowest BCUT2D eigenvalue weighted by Crippen LogP contribution is -2.13. The predicted molar refractivity (Wildman–Crippen MR) is 113 cm³/mol. The van der Waals surface area contributed by atoms with Crippen LogP contribution in [0.15, 0.2) is 65.3 Å². The first-order chi connectivity index (χ1) is 13.6. The SMILES string of the molecule is COc1ccc(/C=C/C(=O)Nc2ccnn2Cc2ccc(Br)cc2)c(OC)c1. The summed E-state index contributed by atoms with van der Waals surface area (Å²) >= 11 is 3.42. The summed E-state index contributed by atoms with van der Waals surface area (Å²) in [6.07, 6.45) is 4.81. The van der Waals surface area contributed by atoms with Gasteiger partial charge in [0, 0.05) is 28.2 Å². The van der Waals surface area contributed by atoms with Gasteiger partial charge < -0.3 is 14.8 Å². The Morgan fingerprint density at radius 1 is 1.14 bits per heavy atom. The van der Waals surface area contributed by atoms with Crippen molar-refractivity contribution in [2.75, 3.05) is 19.5 Å². The van der Waals surface area contributed by atoms with Crippen LogP contribution in [0.5, 0.6) is 11.5 Å². The number of methoxy groups -OCH3 is 2. The zero-order valence-electron chi connectivity index (χ0n) is 15.6. The second-order valence-corrected chi connectivity index (χ2v) is 6.85. The van der Waals surface area contributed by atoms with Gasteiger partial charge in [0.1, 0.15) is 17.3 Å². The lowest BCUT2D eigenvalue weighted by Gasteiger charge is -2.09. The molecule has 0 radical (unpaired) electrons. The maximum absolute atomic E-state index is 12.3. The third-order valence-corrected chi connectivity index (χ3v) is 4.60. The van der Waals surface area contributed by atoms with Crippen molar-refractivity contribution in [3.8, 4) is 11.5 Å². The number of carbonyl (C=O) groups is 1. The summed E-state index contributed by atoms with van der Waals surface area (Å²) < 4.78 is 13.3. The van der Waals surface area contributed by atoms with E-state index < -0.39 is 0 Å². The van der Waals surface area contributed by atoms with Crippen LogP contribution in [0.4, 0.5) is 5.82 Å². The number of ether oxygens (including phenoxy) is 2. The molecule has 3 aromatic rings. The summed E-state index contributed by atoms with van der Waals surface area (Å²) in [4.78, 5) is 12.3. The molecule has 0 aliphatic heterocycles. The molecule has 144 valence electrons. The Bertz CT molecular complexity index is 981. The van der Waals surface area contributed by atoms with Crippen LogP contribution in [-0.2, 0) is 11.3 Å². The van der Waals surface area contributed by atoms with Gasteiger partial charge in [0.15, 0.2) is 0 Å². The number of nitrogens with one attached hydrogen (secondary N) is 1. The number of hydrogen-bond acceptors (Lipinski definition) is 4. The molecule has 1 amide bonds. The standard InChI is InChI=1S/C21H20BrN3O3/c1-27-18-9-5-16(19(13-18)28-2)6-10-21(26)24-20-11-12-23-25(20)14-15-3-7-17(22)8-4-15/h3-13H,14H2,1-2H3,(H,24,26)/b10-6+. The average Bonchev–Trinajstić information content (AvgIpc) is 3.14. The zero-order chi connectivity index (χ0) is 19.9. The van der Waals surface area contributed by atoms with E-state index in [1.807, 2.05) is 36.4 Å². The number of nitrogens with zero attached hydrogens (tertiary/aromatic N) is 2. The van der Waals surface area contributed by atoms with E-state index in [0.29, 0.717) is 23.9 Å². The molecule has 0 aliphatic carbocycles. The Kier molecular flexibility index (Phi) is 6.49. The lowest BCUT2D eigenvalue weighted by molar-refractivity contribution is -0.111. The van der Waals surface area contributed by atoms with E-state index in [1.54, 1.807) is 43.3 Å². The average molecular weight is 442 g/mol. The molecule has 28 heavy (non-hydrogen) atoms. The van der Waals surface area contributed by atoms with Crippen LogP contribution in [-0.4, -0.2) is 29.9 Å². The molecular weight excluding hydrogens is 422 g/mol. The first-order valence-corrected chi connectivity index (χ1v) is 9.35. The highest BCUT2D eigenvalue weighted by Crippen LogP contribution is 2.25. The summed E-state index contributed by atoms with van der Waals surface area (Å²) in [6.45, 7) is 0.561. The molecule has 0 saturated carbocycles. The highest BCUT2D eigenvalue weighted by Gasteiger charge is 2.07. The van der Waals surface area contributed by atoms with Gasteiger partial charge in [-0.15, -0.1) is 0 Å². The van der Waals surface area contributed by atoms with E-state index >= 15 is 0 Å². The number of rotatable bonds is 7. The van der Waals surface area contributed by atoms with E-state index in [1.165, 1.54) is 6.08 Å². The van der Waals surface area contributed by atoms with Gasteiger partial charge in [-0.2, -0.15) is 5.10 Å². The molecule has 0 atom stereocenters. The molecule has 7 heteroatoms. The fourth-order valence-corrected chi connectivity index (χ4v) is 2.88. The molecule has 0 fully saturated rings. The normalized spacial score (nSPS) is 10.8. The van der Waals surface area contributed by atoms with Crippen molar-refractivity contribution in [1.82, 2.24) is 9.78 Å². The van der Waals surface area contributed by atoms with Crippen molar-refractivity contribution in [1.29, 1.82) is 0 Å². The number of aromatic nitrogens is 2. The van der Waals surface area contributed by atoms with Gasteiger partial charge in [0.05, 0.1) is 27.0 Å². The van der Waals surface area contributed by atoms with E-state index in [9.17, 15) is 4.79 Å². The maximum atomic E-state index is 12.3. The van der Waals surface area contributed by atoms with Crippen LogP contribution in [0.2, 0.25) is 0 Å². The molecular formula is C21H20BrN3O3. The Balaban J connectivity index is 1.68. The third-order valence-electron chi connectivity index (χ3n) is 4.07. The monoisotopic (exact) mass is 441 g/mol. The minimum absolute atomic E-state index is 0.254. The van der Waals surface area contributed by atoms with Crippen LogP contribution in [0.3, 0.4) is 0 Å². The van der Waals surface area contributed by atoms with Crippen molar-refractivity contribution >= 4 is 33.7 Å². The van der Waals surface area contributed by atoms with Gasteiger partial charge in [-0.25, -0.2) is 4.68 Å². The number of benzene rings is 2. The van der Waals surface area contributed by atoms with Crippen LogP contribution in [0.1, 0.15) is 11.1 Å². The van der Waals surface area contributed by atoms with Crippen molar-refractivity contribution in [2.24, 2.45) is 0 Å². The van der Waals surface area contributed by atoms with Crippen molar-refractivity contribution in [3.05, 3.63) is 76.4 Å². The first-order valence-electron chi connectivity index (χ1n) is 8.56. The van der Waals surface area contributed by atoms with Gasteiger partial charge in [-0.1, -0.05) is 28.1 Å². The molecule has 0 bridgehead atoms. The Labute approximate surface area is 171 Å². The van der Waals surface area contributed by atoms with Crippen LogP contribution < -0.4 is 14.8 Å². The fraction of sp³-hybridized carbons (Fsp3) is 0.143. The topological polar surface area (TPSA) is 65.4 Å². The molecule has 0 aliphatic rings. The molecule has 1 N–H and O–H groups in total. The summed E-state index contributed by atoms with van der Waals surface area (Å²) in [6, 6.07) is 15.1. The Morgan fingerprint density at radius 2 is 1.93 bits per heavy atom. The number of anilines is 1. The van der Waals surface area contributed by atoms with Crippen molar-refractivity contribution in [3.63, 3.8) is 0 Å². The van der Waals surface area contributed by atoms with Gasteiger partial charge >= 0.3 is 0 Å². The minimum Gasteiger partial charge on any atom is -0.497 e. The Hall–Kier alpha value is -3.06. The third kappa shape index (κ3) is 5.01. The van der Waals surface area contributed by atoms with Crippen molar-refractivity contribution in [2.45, 2.75) is 6.54 Å². The molecule has 1 heterocycles. The number of carbonyl (C=O) groups excluding carboxylic acids is 1. The van der Waals surface area contributed by atoms with Gasteiger partial charge in [0.25, 0.3) is 0 Å². The number of amides is 1. The smallest absolute Gasteiger partial charge is 0.249 e. The van der Waals surface area contributed by atoms with Crippen LogP contribution in [0.25, 0.3) is 6.08 Å². The first kappa shape index (κ1) is 19.7. The van der Waals surface area contributed by atoms with Gasteiger partial charge in [-0.05, 0) is 35.9 Å². The number of halogens is 1. The quantitative estimate of drug-likeness (QED) is 0.553. The second kappa shape index (κ2) is 9.23. The highest BCUT2D eigenvalue weighted by atomic mass is 79.9. The van der Waals surface area contributed by atoms with E-state index in [2.05, 4.69) is 26.3 Å². The Morgan fingerprint density at radius 3 is 2.64 bits per heavy atom. The zero-order valence-corrected chi connectivity index (χ0v) is 17.1. The van der Waals surface area contributed by atoms with E-state index in [0.717, 1.165) is 15.6 Å². The molecule has 0 spiro atoms. The van der Waals surface area contributed by atoms with E-state index in [4.69, 9.17) is 9.47 Å². The summed E-state index contributed by atoms with van der Waals surface area (Å²) in [5.41, 5.74) is 1.86. The lowest BCUT2D eigenvalue weighted by atomic mass is 10.1. The van der Waals surface area contributed by atoms with Crippen molar-refractivity contribution < 1.29 is 14.3 Å². The van der Waals surface area contributed by atoms with Crippen LogP contribution in [0, 0.1) is 0 Å². The molecule has 3 rings (SSSR count). The molecule has 2 aromatic carbocycles. The minimum atomic E-state index is -0.254. The highest BCUT2D eigenvalue weighted by molar-refractivity contribution is 9.10. The predicted octanol–water partition coefficient (Wildman–Crippen LogP) is 4.36. The molecule has 0 saturated heterocycles. The number of hydrogen-bond donors (Lipinski definition) is 1. The summed E-state index contributed by atoms with van der Waals surface area (Å²) in [5, 5.41) is 7.14. The fourth-order valence-electron chi connectivity index (χ4n) is 2.62. The molecule has 0 unspecified atom stereocenters. The molecule has 6 nitrogen and oxygen atoms in total. The molecule has 1 aromatic heterocycles.